The van der Waals surface area contributed by atoms with E-state index in [1.807, 2.05) is 18.2 Å². The Morgan fingerprint density at radius 1 is 1.15 bits per heavy atom. The maximum Gasteiger partial charge on any atom is 0.256 e. The SMILES string of the molecule is O=C(NCc1ccc(Cl)cc1)c1cnc2ccc(COCCO)cc2c1O. The third kappa shape index (κ3) is 4.74. The number of aromatic hydroxyl groups is 1. The fourth-order valence-electron chi connectivity index (χ4n) is 2.62. The van der Waals surface area contributed by atoms with Crippen molar-refractivity contribution in [1.29, 1.82) is 0 Å². The van der Waals surface area contributed by atoms with Crippen LogP contribution in [0.1, 0.15) is 21.5 Å². The Balaban J connectivity index is 1.77. The number of carbonyl (C=O) groups excluding carboxylic acids is 1. The quantitative estimate of drug-likeness (QED) is 0.543. The molecule has 6 nitrogen and oxygen atoms in total. The number of aliphatic hydroxyl groups excluding tert-OH is 1. The zero-order valence-corrected chi connectivity index (χ0v) is 15.2. The highest BCUT2D eigenvalue weighted by Crippen LogP contribution is 2.28. The Labute approximate surface area is 161 Å². The molecule has 0 fully saturated rings. The van der Waals surface area contributed by atoms with Crippen LogP contribution in [0, 0.1) is 0 Å². The first kappa shape index (κ1) is 19.1. The summed E-state index contributed by atoms with van der Waals surface area (Å²) in [6, 6.07) is 12.4. The molecule has 140 valence electrons. The van der Waals surface area contributed by atoms with Crippen LogP contribution in [0.5, 0.6) is 5.75 Å². The van der Waals surface area contributed by atoms with Gasteiger partial charge in [-0.3, -0.25) is 9.78 Å². The summed E-state index contributed by atoms with van der Waals surface area (Å²) >= 11 is 5.85. The lowest BCUT2D eigenvalue weighted by atomic mass is 10.1. The number of pyridine rings is 1. The van der Waals surface area contributed by atoms with E-state index >= 15 is 0 Å². The van der Waals surface area contributed by atoms with Gasteiger partial charge in [0.2, 0.25) is 0 Å². The van der Waals surface area contributed by atoms with E-state index in [-0.39, 0.29) is 24.5 Å². The van der Waals surface area contributed by atoms with Gasteiger partial charge in [0.1, 0.15) is 11.3 Å². The van der Waals surface area contributed by atoms with Gasteiger partial charge in [-0.15, -0.1) is 0 Å². The van der Waals surface area contributed by atoms with Gasteiger partial charge in [-0.1, -0.05) is 29.8 Å². The lowest BCUT2D eigenvalue weighted by Crippen LogP contribution is -2.23. The number of hydrogen-bond donors (Lipinski definition) is 3. The molecule has 0 aliphatic heterocycles. The Bertz CT molecular complexity index is 945. The van der Waals surface area contributed by atoms with Crippen molar-refractivity contribution in [3.8, 4) is 5.75 Å². The van der Waals surface area contributed by atoms with Gasteiger partial charge >= 0.3 is 0 Å². The summed E-state index contributed by atoms with van der Waals surface area (Å²) in [6.45, 7) is 0.777. The summed E-state index contributed by atoms with van der Waals surface area (Å²) in [5.41, 5.74) is 2.38. The number of halogens is 1. The maximum absolute atomic E-state index is 12.5. The topological polar surface area (TPSA) is 91.7 Å². The van der Waals surface area contributed by atoms with Gasteiger partial charge in [0.05, 0.1) is 25.3 Å². The molecule has 0 saturated carbocycles. The molecule has 1 amide bonds. The van der Waals surface area contributed by atoms with Gasteiger partial charge in [-0.25, -0.2) is 0 Å². The van der Waals surface area contributed by atoms with Crippen molar-refractivity contribution >= 4 is 28.4 Å². The average Bonchev–Trinajstić information content (AvgIpc) is 2.68. The van der Waals surface area contributed by atoms with Crippen LogP contribution in [0.4, 0.5) is 0 Å². The first-order valence-corrected chi connectivity index (χ1v) is 8.78. The second-order valence-electron chi connectivity index (χ2n) is 5.96. The molecule has 0 aliphatic rings. The second kappa shape index (κ2) is 8.81. The van der Waals surface area contributed by atoms with Crippen LogP contribution in [0.25, 0.3) is 10.9 Å². The van der Waals surface area contributed by atoms with Crippen LogP contribution in [-0.4, -0.2) is 34.3 Å². The molecule has 7 heteroatoms. The molecule has 2 aromatic carbocycles. The first-order chi connectivity index (χ1) is 13.1. The molecular formula is C20H19ClN2O4. The minimum atomic E-state index is -0.418. The van der Waals surface area contributed by atoms with Gasteiger partial charge in [0.25, 0.3) is 5.91 Å². The van der Waals surface area contributed by atoms with E-state index in [2.05, 4.69) is 10.3 Å². The van der Waals surface area contributed by atoms with E-state index in [4.69, 9.17) is 21.4 Å². The maximum atomic E-state index is 12.5. The number of fused-ring (bicyclic) bond motifs is 1. The minimum absolute atomic E-state index is 0.0572. The molecule has 1 aromatic heterocycles. The van der Waals surface area contributed by atoms with Gasteiger partial charge in [0.15, 0.2) is 0 Å². The molecule has 0 radical (unpaired) electrons. The predicted molar refractivity (Wildman–Crippen MR) is 103 cm³/mol. The Kier molecular flexibility index (Phi) is 6.24. The van der Waals surface area contributed by atoms with Crippen LogP contribution in [-0.2, 0) is 17.9 Å². The number of amides is 1. The molecule has 0 bridgehead atoms. The normalized spacial score (nSPS) is 10.9. The lowest BCUT2D eigenvalue weighted by molar-refractivity contribution is 0.0816. The van der Waals surface area contributed by atoms with Crippen molar-refractivity contribution in [3.05, 3.63) is 70.4 Å². The number of nitrogens with one attached hydrogen (secondary N) is 1. The number of rotatable bonds is 7. The molecule has 0 unspecified atom stereocenters. The summed E-state index contributed by atoms with van der Waals surface area (Å²) < 4.78 is 5.29. The predicted octanol–water partition coefficient (Wildman–Crippen LogP) is 3.03. The van der Waals surface area contributed by atoms with Crippen molar-refractivity contribution in [1.82, 2.24) is 10.3 Å². The zero-order chi connectivity index (χ0) is 19.2. The van der Waals surface area contributed by atoms with E-state index in [1.165, 1.54) is 6.20 Å². The van der Waals surface area contributed by atoms with E-state index in [1.54, 1.807) is 24.3 Å². The van der Waals surface area contributed by atoms with Crippen LogP contribution in [0.3, 0.4) is 0 Å². The fourth-order valence-corrected chi connectivity index (χ4v) is 2.74. The number of carbonyl (C=O) groups is 1. The van der Waals surface area contributed by atoms with Crippen LogP contribution in [0.15, 0.2) is 48.7 Å². The molecule has 0 saturated heterocycles. The van der Waals surface area contributed by atoms with Crippen LogP contribution < -0.4 is 5.32 Å². The van der Waals surface area contributed by atoms with E-state index in [0.717, 1.165) is 11.1 Å². The fraction of sp³-hybridized carbons (Fsp3) is 0.200. The summed E-state index contributed by atoms with van der Waals surface area (Å²) in [7, 11) is 0. The lowest BCUT2D eigenvalue weighted by Gasteiger charge is -2.10. The van der Waals surface area contributed by atoms with E-state index < -0.39 is 5.91 Å². The number of nitrogens with zero attached hydrogens (tertiary/aromatic N) is 1. The number of hydrogen-bond acceptors (Lipinski definition) is 5. The highest BCUT2D eigenvalue weighted by atomic mass is 35.5. The number of benzene rings is 2. The summed E-state index contributed by atoms with van der Waals surface area (Å²) in [6.07, 6.45) is 1.36. The third-order valence-electron chi connectivity index (χ3n) is 4.02. The molecule has 0 spiro atoms. The summed E-state index contributed by atoms with van der Waals surface area (Å²) in [5.74, 6) is -0.545. The molecule has 3 aromatic rings. The molecule has 0 aliphatic carbocycles. The second-order valence-corrected chi connectivity index (χ2v) is 6.39. The van der Waals surface area contributed by atoms with Crippen LogP contribution >= 0.6 is 11.6 Å². The summed E-state index contributed by atoms with van der Waals surface area (Å²) in [4.78, 5) is 16.7. The van der Waals surface area contributed by atoms with E-state index in [0.29, 0.717) is 29.1 Å². The Hall–Kier alpha value is -2.67. The van der Waals surface area contributed by atoms with Crippen LogP contribution in [0.2, 0.25) is 5.02 Å². The average molecular weight is 387 g/mol. The Morgan fingerprint density at radius 2 is 1.89 bits per heavy atom. The molecule has 1 heterocycles. The van der Waals surface area contributed by atoms with Crippen molar-refractivity contribution in [2.24, 2.45) is 0 Å². The molecule has 3 N–H and O–H groups in total. The van der Waals surface area contributed by atoms with Crippen molar-refractivity contribution in [3.63, 3.8) is 0 Å². The van der Waals surface area contributed by atoms with Gasteiger partial charge in [0, 0.05) is 23.2 Å². The molecular weight excluding hydrogens is 368 g/mol. The van der Waals surface area contributed by atoms with Gasteiger partial charge in [-0.05, 0) is 35.4 Å². The van der Waals surface area contributed by atoms with Crippen molar-refractivity contribution in [2.45, 2.75) is 13.2 Å². The highest BCUT2D eigenvalue weighted by molar-refractivity contribution is 6.30. The smallest absolute Gasteiger partial charge is 0.256 e. The number of ether oxygens (including phenoxy) is 1. The number of aromatic nitrogens is 1. The monoisotopic (exact) mass is 386 g/mol. The standard InChI is InChI=1S/C20H19ClN2O4/c21-15-4-1-13(2-5-15)10-23-20(26)17-11-22-18-6-3-14(12-27-8-7-24)9-16(18)19(17)25/h1-6,9,11,24H,7-8,10,12H2,(H,22,25)(H,23,26). The van der Waals surface area contributed by atoms with Gasteiger partial charge < -0.3 is 20.3 Å². The summed E-state index contributed by atoms with van der Waals surface area (Å²) in [5, 5.41) is 23.2. The first-order valence-electron chi connectivity index (χ1n) is 8.40. The largest absolute Gasteiger partial charge is 0.506 e. The van der Waals surface area contributed by atoms with Crippen molar-refractivity contribution in [2.75, 3.05) is 13.2 Å². The van der Waals surface area contributed by atoms with Crippen molar-refractivity contribution < 1.29 is 19.7 Å². The Morgan fingerprint density at radius 3 is 2.63 bits per heavy atom. The minimum Gasteiger partial charge on any atom is -0.506 e. The molecule has 0 atom stereocenters. The molecule has 27 heavy (non-hydrogen) atoms. The third-order valence-corrected chi connectivity index (χ3v) is 4.27. The highest BCUT2D eigenvalue weighted by Gasteiger charge is 2.15. The number of aliphatic hydroxyl groups is 1. The zero-order valence-electron chi connectivity index (χ0n) is 14.5. The van der Waals surface area contributed by atoms with E-state index in [9.17, 15) is 9.90 Å². The molecule has 3 rings (SSSR count). The van der Waals surface area contributed by atoms with Gasteiger partial charge in [-0.2, -0.15) is 0 Å².